The van der Waals surface area contributed by atoms with Gasteiger partial charge in [0, 0.05) is 41.2 Å². The normalized spacial score (nSPS) is 27.1. The Balaban J connectivity index is 0.962. The lowest BCUT2D eigenvalue weighted by molar-refractivity contribution is -0.128. The zero-order valence-corrected chi connectivity index (χ0v) is 24.6. The molecule has 4 aromatic rings. The lowest BCUT2D eigenvalue weighted by Crippen LogP contribution is -2.57. The zero-order valence-electron chi connectivity index (χ0n) is 22.3. The number of ether oxygens (including phenoxy) is 1. The lowest BCUT2D eigenvalue weighted by Gasteiger charge is -2.57. The number of carboxylic acids is 1. The van der Waals surface area contributed by atoms with Gasteiger partial charge in [0.25, 0.3) is 0 Å². The number of rotatable bonds is 7. The van der Waals surface area contributed by atoms with Crippen LogP contribution in [0.15, 0.2) is 40.9 Å². The van der Waals surface area contributed by atoms with Crippen molar-refractivity contribution in [3.05, 3.63) is 63.5 Å². The van der Waals surface area contributed by atoms with Crippen molar-refractivity contribution in [1.29, 1.82) is 0 Å². The zero-order chi connectivity index (χ0) is 27.9. The highest BCUT2D eigenvalue weighted by Gasteiger charge is 2.60. The van der Waals surface area contributed by atoms with E-state index in [9.17, 15) is 9.90 Å². The number of carbonyl (C=O) groups is 1. The Hall–Kier alpha value is -2.65. The first kappa shape index (κ1) is 26.0. The third kappa shape index (κ3) is 4.21. The highest BCUT2D eigenvalue weighted by Crippen LogP contribution is 2.63. The summed E-state index contributed by atoms with van der Waals surface area (Å²) < 4.78 is 17.5. The van der Waals surface area contributed by atoms with Gasteiger partial charge < -0.3 is 19.3 Å². The van der Waals surface area contributed by atoms with E-state index in [0.717, 1.165) is 65.7 Å². The second-order valence-electron chi connectivity index (χ2n) is 12.2. The van der Waals surface area contributed by atoms with Gasteiger partial charge in [-0.1, -0.05) is 34.4 Å². The van der Waals surface area contributed by atoms with E-state index < -0.39 is 5.97 Å². The largest absolute Gasteiger partial charge is 0.476 e. The van der Waals surface area contributed by atoms with Crippen molar-refractivity contribution >= 4 is 56.5 Å². The minimum atomic E-state index is -0.972. The number of aromatic carboxylic acids is 1. The van der Waals surface area contributed by atoms with E-state index >= 15 is 0 Å². The summed E-state index contributed by atoms with van der Waals surface area (Å²) in [5.74, 6) is 1.64. The first-order valence-electron chi connectivity index (χ1n) is 14.3. The number of fused-ring (bicyclic) bond motifs is 1. The Bertz CT molecular complexity index is 1640. The fourth-order valence-corrected chi connectivity index (χ4v) is 9.15. The summed E-state index contributed by atoms with van der Waals surface area (Å²) in [7, 11) is 0. The molecule has 2 unspecified atom stereocenters. The number of aromatic nitrogens is 2. The Morgan fingerprint density at radius 3 is 2.51 bits per heavy atom. The molecule has 0 amide bonds. The maximum absolute atomic E-state index is 11.5. The van der Waals surface area contributed by atoms with E-state index in [2.05, 4.69) is 26.6 Å². The third-order valence-electron chi connectivity index (χ3n) is 10.0. The maximum atomic E-state index is 11.5. The molecule has 4 aliphatic rings. The fraction of sp³-hybridized carbons (Fsp3) is 0.452. The number of benzene rings is 2. The van der Waals surface area contributed by atoms with Gasteiger partial charge in [-0.3, -0.25) is 0 Å². The molecule has 1 aliphatic heterocycles. The third-order valence-corrected chi connectivity index (χ3v) is 11.5. The molecule has 10 heteroatoms. The Labute approximate surface area is 251 Å². The number of piperidine rings is 1. The molecule has 1 saturated heterocycles. The van der Waals surface area contributed by atoms with Crippen LogP contribution in [-0.4, -0.2) is 39.8 Å². The first-order chi connectivity index (χ1) is 19.9. The van der Waals surface area contributed by atoms with E-state index in [1.807, 2.05) is 24.3 Å². The number of anilines is 1. The van der Waals surface area contributed by atoms with Crippen molar-refractivity contribution in [1.82, 2.24) is 9.53 Å². The summed E-state index contributed by atoms with van der Waals surface area (Å²) in [6.45, 7) is 2.53. The molecule has 2 atom stereocenters. The molecule has 3 heterocycles. The van der Waals surface area contributed by atoms with Gasteiger partial charge >= 0.3 is 5.97 Å². The fourth-order valence-electron chi connectivity index (χ4n) is 7.77. The summed E-state index contributed by atoms with van der Waals surface area (Å²) in [5.41, 5.74) is 4.09. The quantitative estimate of drug-likeness (QED) is 0.227. The number of halogens is 2. The molecule has 2 aromatic carbocycles. The Kier molecular flexibility index (Phi) is 6.15. The number of nitrogens with zero attached hydrogens (tertiary/aromatic N) is 3. The average molecular weight is 611 g/mol. The van der Waals surface area contributed by atoms with Crippen LogP contribution in [0.3, 0.4) is 0 Å². The van der Waals surface area contributed by atoms with Gasteiger partial charge in [-0.15, -0.1) is 0 Å². The molecule has 2 bridgehead atoms. The average Bonchev–Trinajstić information content (AvgIpc) is 3.50. The highest BCUT2D eigenvalue weighted by molar-refractivity contribution is 7.13. The number of hydrogen-bond donors (Lipinski definition) is 1. The van der Waals surface area contributed by atoms with Crippen LogP contribution < -0.4 is 4.90 Å². The SMILES string of the molecule is O=C(O)c1nsc2cc(N3CC4CCC(C3)C43CC(OCc4c(-c5c(Cl)cccc5Cl)noc4C4CC4)C3)ccc12. The van der Waals surface area contributed by atoms with Gasteiger partial charge in [-0.05, 0) is 97.6 Å². The van der Waals surface area contributed by atoms with Gasteiger partial charge in [-0.2, -0.15) is 4.37 Å². The second-order valence-corrected chi connectivity index (χ2v) is 13.8. The molecule has 3 saturated carbocycles. The van der Waals surface area contributed by atoms with Crippen LogP contribution >= 0.6 is 34.7 Å². The first-order valence-corrected chi connectivity index (χ1v) is 15.9. The van der Waals surface area contributed by atoms with Gasteiger partial charge in [0.1, 0.15) is 11.5 Å². The molecule has 2 aromatic heterocycles. The van der Waals surface area contributed by atoms with Gasteiger partial charge in [0.2, 0.25) is 0 Å². The van der Waals surface area contributed by atoms with E-state index in [0.29, 0.717) is 45.5 Å². The monoisotopic (exact) mass is 609 g/mol. The summed E-state index contributed by atoms with van der Waals surface area (Å²) in [4.78, 5) is 14.0. The molecule has 1 N–H and O–H groups in total. The van der Waals surface area contributed by atoms with E-state index in [1.54, 1.807) is 0 Å². The van der Waals surface area contributed by atoms with Crippen LogP contribution in [0.1, 0.15) is 66.3 Å². The van der Waals surface area contributed by atoms with Crippen LogP contribution in [0.2, 0.25) is 10.0 Å². The van der Waals surface area contributed by atoms with Gasteiger partial charge in [0.15, 0.2) is 5.69 Å². The molecule has 1 spiro atoms. The van der Waals surface area contributed by atoms with Crippen LogP contribution in [0.25, 0.3) is 21.3 Å². The lowest BCUT2D eigenvalue weighted by atomic mass is 9.55. The predicted molar refractivity (Wildman–Crippen MR) is 159 cm³/mol. The Morgan fingerprint density at radius 1 is 1.10 bits per heavy atom. The van der Waals surface area contributed by atoms with Crippen LogP contribution in [0, 0.1) is 17.3 Å². The van der Waals surface area contributed by atoms with E-state index in [4.69, 9.17) is 32.5 Å². The molecular formula is C31H29Cl2N3O4S. The van der Waals surface area contributed by atoms with Crippen LogP contribution in [-0.2, 0) is 11.3 Å². The number of hydrogen-bond acceptors (Lipinski definition) is 7. The molecule has 41 heavy (non-hydrogen) atoms. The van der Waals surface area contributed by atoms with Crippen molar-refractivity contribution in [3.8, 4) is 11.3 Å². The standard InChI is InChI=1S/C31H29Cl2N3O4S/c32-23-2-1-3-24(33)26(23)27-22(29(40-34-27)16-4-5-16)15-39-20-11-31(12-20)17-6-7-18(31)14-36(13-17)19-8-9-21-25(10-19)41-35-28(21)30(37)38/h1-3,8-10,16-18,20H,4-7,11-15H2,(H,37,38). The van der Waals surface area contributed by atoms with Crippen LogP contribution in [0.5, 0.6) is 0 Å². The molecule has 8 rings (SSSR count). The number of carboxylic acid groups (broad SMARTS) is 1. The summed E-state index contributed by atoms with van der Waals surface area (Å²) in [6.07, 6.45) is 7.15. The van der Waals surface area contributed by atoms with Gasteiger partial charge in [0.05, 0.1) is 27.5 Å². The van der Waals surface area contributed by atoms with Crippen molar-refractivity contribution < 1.29 is 19.2 Å². The minimum absolute atomic E-state index is 0.146. The smallest absolute Gasteiger partial charge is 0.356 e. The molecule has 4 fully saturated rings. The van der Waals surface area contributed by atoms with Gasteiger partial charge in [-0.25, -0.2) is 4.79 Å². The summed E-state index contributed by atoms with van der Waals surface area (Å²) in [5, 5.41) is 15.7. The maximum Gasteiger partial charge on any atom is 0.356 e. The molecule has 7 nitrogen and oxygen atoms in total. The summed E-state index contributed by atoms with van der Waals surface area (Å²) >= 11 is 14.3. The van der Waals surface area contributed by atoms with Crippen LogP contribution in [0.4, 0.5) is 5.69 Å². The topological polar surface area (TPSA) is 88.7 Å². The van der Waals surface area contributed by atoms with Crippen molar-refractivity contribution in [3.63, 3.8) is 0 Å². The highest BCUT2D eigenvalue weighted by atomic mass is 35.5. The molecule has 3 aliphatic carbocycles. The summed E-state index contributed by atoms with van der Waals surface area (Å²) in [6, 6.07) is 11.6. The molecule has 212 valence electrons. The predicted octanol–water partition coefficient (Wildman–Crippen LogP) is 8.05. The van der Waals surface area contributed by atoms with E-state index in [1.165, 1.54) is 30.1 Å². The molecule has 0 radical (unpaired) electrons. The van der Waals surface area contributed by atoms with Crippen molar-refractivity contribution in [2.45, 2.75) is 57.2 Å². The minimum Gasteiger partial charge on any atom is -0.476 e. The molecular weight excluding hydrogens is 581 g/mol. The van der Waals surface area contributed by atoms with E-state index in [-0.39, 0.29) is 11.8 Å². The van der Waals surface area contributed by atoms with Crippen molar-refractivity contribution in [2.75, 3.05) is 18.0 Å². The second kappa shape index (κ2) is 9.69. The van der Waals surface area contributed by atoms with Crippen molar-refractivity contribution in [2.24, 2.45) is 17.3 Å². The Morgan fingerprint density at radius 2 is 1.83 bits per heavy atom.